The van der Waals surface area contributed by atoms with Crippen LogP contribution in [0.5, 0.6) is 0 Å². The summed E-state index contributed by atoms with van der Waals surface area (Å²) in [5.74, 6) is 3.02. The molecule has 0 aliphatic rings. The number of nitrogen functional groups attached to an aromatic ring is 1. The van der Waals surface area contributed by atoms with Gasteiger partial charge in [0.25, 0.3) is 0 Å². The largest absolute Gasteiger partial charge is 0.382 e. The fraction of sp³-hybridized carbons (Fsp3) is 0.364. The van der Waals surface area contributed by atoms with Crippen molar-refractivity contribution in [1.29, 1.82) is 0 Å². The van der Waals surface area contributed by atoms with Crippen LogP contribution in [0, 0.1) is 12.3 Å². The summed E-state index contributed by atoms with van der Waals surface area (Å²) in [6.45, 7) is 4.19. The van der Waals surface area contributed by atoms with Crippen LogP contribution in [0.15, 0.2) is 6.33 Å². The number of rotatable bonds is 2. The molecule has 0 saturated heterocycles. The average Bonchev–Trinajstić information content (AvgIpc) is 2.72. The van der Waals surface area contributed by atoms with E-state index in [-0.39, 0.29) is 0 Å². The molecule has 0 aromatic carbocycles. The van der Waals surface area contributed by atoms with Crippen molar-refractivity contribution in [3.05, 3.63) is 12.2 Å². The van der Waals surface area contributed by atoms with Gasteiger partial charge in [0.15, 0.2) is 11.5 Å². The number of hydrogen-bond acceptors (Lipinski definition) is 4. The second-order valence-corrected chi connectivity index (χ2v) is 3.66. The summed E-state index contributed by atoms with van der Waals surface area (Å²) in [6.07, 6.45) is 7.99. The summed E-state index contributed by atoms with van der Waals surface area (Å²) in [4.78, 5) is 12.4. The van der Waals surface area contributed by atoms with E-state index in [0.717, 1.165) is 6.42 Å². The van der Waals surface area contributed by atoms with Crippen LogP contribution in [0.2, 0.25) is 0 Å². The number of nitrogens with two attached hydrogens (primary N) is 1. The normalized spacial score (nSPS) is 12.6. The maximum atomic E-state index is 5.77. The summed E-state index contributed by atoms with van der Waals surface area (Å²) in [5.41, 5.74) is 7.08. The Morgan fingerprint density at radius 1 is 1.56 bits per heavy atom. The van der Waals surface area contributed by atoms with Crippen LogP contribution in [0.1, 0.15) is 32.1 Å². The summed E-state index contributed by atoms with van der Waals surface area (Å²) >= 11 is 0. The van der Waals surface area contributed by atoms with Gasteiger partial charge in [-0.1, -0.05) is 6.92 Å². The Balaban J connectivity index is 2.71. The zero-order chi connectivity index (χ0) is 11.7. The van der Waals surface area contributed by atoms with Gasteiger partial charge in [0.2, 0.25) is 5.82 Å². The molecular formula is C11H13N5. The van der Waals surface area contributed by atoms with E-state index < -0.39 is 0 Å². The van der Waals surface area contributed by atoms with Crippen molar-refractivity contribution < 1.29 is 0 Å². The highest BCUT2D eigenvalue weighted by atomic mass is 15.1. The van der Waals surface area contributed by atoms with E-state index >= 15 is 0 Å². The molecule has 0 bridgehead atoms. The second-order valence-electron chi connectivity index (χ2n) is 3.66. The fourth-order valence-corrected chi connectivity index (χ4v) is 1.52. The molecule has 2 aromatic heterocycles. The zero-order valence-corrected chi connectivity index (χ0v) is 9.31. The standard InChI is InChI=1S/C11H13N5/c1-4-7(3)16-6-13-9-10(12)14-8(5-2)15-11(9)16/h2,6-7H,4H2,1,3H3,(H2,12,14,15)/t7-/m0/s1. The van der Waals surface area contributed by atoms with Crippen molar-refractivity contribution in [3.8, 4) is 12.3 Å². The predicted molar refractivity (Wildman–Crippen MR) is 62.7 cm³/mol. The number of nitrogens with zero attached hydrogens (tertiary/aromatic N) is 4. The zero-order valence-electron chi connectivity index (χ0n) is 9.31. The monoisotopic (exact) mass is 215 g/mol. The Kier molecular flexibility index (Phi) is 2.49. The number of anilines is 1. The Bertz CT molecular complexity index is 563. The highest BCUT2D eigenvalue weighted by molar-refractivity contribution is 5.82. The van der Waals surface area contributed by atoms with E-state index in [4.69, 9.17) is 12.2 Å². The maximum Gasteiger partial charge on any atom is 0.208 e. The van der Waals surface area contributed by atoms with Gasteiger partial charge in [0, 0.05) is 6.04 Å². The third-order valence-corrected chi connectivity index (χ3v) is 2.64. The fourth-order valence-electron chi connectivity index (χ4n) is 1.52. The molecule has 2 rings (SSSR count). The van der Waals surface area contributed by atoms with Crippen LogP contribution >= 0.6 is 0 Å². The minimum atomic E-state index is 0.301. The minimum absolute atomic E-state index is 0.301. The first-order chi connectivity index (χ1) is 7.67. The van der Waals surface area contributed by atoms with Crippen molar-refractivity contribution in [2.75, 3.05) is 5.73 Å². The van der Waals surface area contributed by atoms with Crippen LogP contribution in [0.25, 0.3) is 11.2 Å². The van der Waals surface area contributed by atoms with Crippen LogP contribution in [0.4, 0.5) is 5.82 Å². The summed E-state index contributed by atoms with van der Waals surface area (Å²) in [5, 5.41) is 0. The summed E-state index contributed by atoms with van der Waals surface area (Å²) in [6, 6.07) is 0.310. The van der Waals surface area contributed by atoms with Crippen LogP contribution < -0.4 is 5.73 Å². The number of terminal acetylenes is 1. The molecule has 5 nitrogen and oxygen atoms in total. The second kappa shape index (κ2) is 3.81. The lowest BCUT2D eigenvalue weighted by atomic mass is 10.2. The molecule has 5 heteroatoms. The lowest BCUT2D eigenvalue weighted by Crippen LogP contribution is -2.05. The number of hydrogen-bond donors (Lipinski definition) is 1. The molecular weight excluding hydrogens is 202 g/mol. The highest BCUT2D eigenvalue weighted by Crippen LogP contribution is 2.20. The maximum absolute atomic E-state index is 5.77. The van der Waals surface area contributed by atoms with Gasteiger partial charge in [-0.05, 0) is 19.3 Å². The molecule has 0 spiro atoms. The Hall–Kier alpha value is -2.09. The molecule has 0 radical (unpaired) electrons. The Morgan fingerprint density at radius 2 is 2.31 bits per heavy atom. The number of fused-ring (bicyclic) bond motifs is 1. The smallest absolute Gasteiger partial charge is 0.208 e. The first kappa shape index (κ1) is 10.4. The Labute approximate surface area is 93.7 Å². The molecule has 2 aromatic rings. The third-order valence-electron chi connectivity index (χ3n) is 2.64. The van der Waals surface area contributed by atoms with Gasteiger partial charge in [-0.25, -0.2) is 15.0 Å². The lowest BCUT2D eigenvalue weighted by molar-refractivity contribution is 0.541. The van der Waals surface area contributed by atoms with Crippen LogP contribution in [0.3, 0.4) is 0 Å². The molecule has 2 N–H and O–H groups in total. The summed E-state index contributed by atoms with van der Waals surface area (Å²) < 4.78 is 1.97. The molecule has 0 aliphatic heterocycles. The average molecular weight is 215 g/mol. The van der Waals surface area contributed by atoms with Crippen molar-refractivity contribution in [2.24, 2.45) is 0 Å². The molecule has 0 amide bonds. The molecule has 2 heterocycles. The molecule has 0 saturated carbocycles. The van der Waals surface area contributed by atoms with E-state index in [0.29, 0.717) is 28.8 Å². The topological polar surface area (TPSA) is 69.6 Å². The summed E-state index contributed by atoms with van der Waals surface area (Å²) in [7, 11) is 0. The third kappa shape index (κ3) is 1.48. The van der Waals surface area contributed by atoms with E-state index in [1.165, 1.54) is 0 Å². The minimum Gasteiger partial charge on any atom is -0.382 e. The Morgan fingerprint density at radius 3 is 2.94 bits per heavy atom. The first-order valence-electron chi connectivity index (χ1n) is 5.14. The van der Waals surface area contributed by atoms with Crippen molar-refractivity contribution in [1.82, 2.24) is 19.5 Å². The highest BCUT2D eigenvalue weighted by Gasteiger charge is 2.13. The van der Waals surface area contributed by atoms with Crippen LogP contribution in [-0.4, -0.2) is 19.5 Å². The molecule has 82 valence electrons. The lowest BCUT2D eigenvalue weighted by Gasteiger charge is -2.10. The molecule has 16 heavy (non-hydrogen) atoms. The molecule has 1 atom stereocenters. The van der Waals surface area contributed by atoms with Gasteiger partial charge in [-0.15, -0.1) is 6.42 Å². The van der Waals surface area contributed by atoms with Gasteiger partial charge in [-0.3, -0.25) is 0 Å². The van der Waals surface area contributed by atoms with Crippen molar-refractivity contribution >= 4 is 17.0 Å². The van der Waals surface area contributed by atoms with Crippen molar-refractivity contribution in [3.63, 3.8) is 0 Å². The SMILES string of the molecule is C#Cc1nc(N)c2ncn([C@@H](C)CC)c2n1. The van der Waals surface area contributed by atoms with Crippen LogP contribution in [-0.2, 0) is 0 Å². The molecule has 0 fully saturated rings. The van der Waals surface area contributed by atoms with Crippen molar-refractivity contribution in [2.45, 2.75) is 26.3 Å². The van der Waals surface area contributed by atoms with Gasteiger partial charge in [-0.2, -0.15) is 0 Å². The first-order valence-corrected chi connectivity index (χ1v) is 5.14. The quantitative estimate of drug-likeness (QED) is 0.768. The van der Waals surface area contributed by atoms with Gasteiger partial charge in [0.1, 0.15) is 5.52 Å². The van der Waals surface area contributed by atoms with E-state index in [2.05, 4.69) is 34.7 Å². The van der Waals surface area contributed by atoms with Gasteiger partial charge in [0.05, 0.1) is 6.33 Å². The number of aromatic nitrogens is 4. The molecule has 0 unspecified atom stereocenters. The van der Waals surface area contributed by atoms with Gasteiger partial charge < -0.3 is 10.3 Å². The van der Waals surface area contributed by atoms with E-state index in [1.54, 1.807) is 6.33 Å². The predicted octanol–water partition coefficient (Wildman–Crippen LogP) is 1.36. The van der Waals surface area contributed by atoms with E-state index in [1.807, 2.05) is 4.57 Å². The molecule has 0 aliphatic carbocycles. The van der Waals surface area contributed by atoms with E-state index in [9.17, 15) is 0 Å². The number of imidazole rings is 1. The van der Waals surface area contributed by atoms with Gasteiger partial charge >= 0.3 is 0 Å².